The van der Waals surface area contributed by atoms with E-state index < -0.39 is 24.4 Å². The number of carbonyl (C=O) groups is 1. The van der Waals surface area contributed by atoms with Crippen molar-refractivity contribution in [2.24, 2.45) is 0 Å². The van der Waals surface area contributed by atoms with Gasteiger partial charge in [-0.05, 0) is 49.2 Å². The van der Waals surface area contributed by atoms with Crippen molar-refractivity contribution in [2.45, 2.75) is 26.5 Å². The van der Waals surface area contributed by atoms with Crippen LogP contribution in [-0.4, -0.2) is 12.5 Å². The van der Waals surface area contributed by atoms with Gasteiger partial charge in [0.05, 0.1) is 6.04 Å². The van der Waals surface area contributed by atoms with Crippen molar-refractivity contribution < 1.29 is 22.7 Å². The largest absolute Gasteiger partial charge is 0.435 e. The maximum atomic E-state index is 13.5. The van der Waals surface area contributed by atoms with Gasteiger partial charge in [0.25, 0.3) is 5.91 Å². The SMILES string of the molecule is Cc1ccc(C(=O)NC(C)c2cccc(OC(F)F)c2)cc1F. The smallest absolute Gasteiger partial charge is 0.387 e. The number of alkyl halides is 2. The molecule has 3 nitrogen and oxygen atoms in total. The van der Waals surface area contributed by atoms with Crippen LogP contribution in [0.3, 0.4) is 0 Å². The highest BCUT2D eigenvalue weighted by atomic mass is 19.3. The minimum atomic E-state index is -2.91. The van der Waals surface area contributed by atoms with Gasteiger partial charge in [0.2, 0.25) is 0 Å². The first kappa shape index (κ1) is 16.9. The molecule has 23 heavy (non-hydrogen) atoms. The molecule has 0 spiro atoms. The van der Waals surface area contributed by atoms with Gasteiger partial charge in [-0.1, -0.05) is 18.2 Å². The average Bonchev–Trinajstić information content (AvgIpc) is 2.49. The molecule has 1 unspecified atom stereocenters. The van der Waals surface area contributed by atoms with Crippen LogP contribution < -0.4 is 10.1 Å². The monoisotopic (exact) mass is 323 g/mol. The van der Waals surface area contributed by atoms with Crippen LogP contribution in [0.4, 0.5) is 13.2 Å². The van der Waals surface area contributed by atoms with Crippen LogP contribution in [0.2, 0.25) is 0 Å². The number of rotatable bonds is 5. The number of nitrogens with one attached hydrogen (secondary N) is 1. The minimum absolute atomic E-state index is 0.0139. The van der Waals surface area contributed by atoms with E-state index in [1.54, 1.807) is 26.0 Å². The zero-order valence-corrected chi connectivity index (χ0v) is 12.6. The van der Waals surface area contributed by atoms with Crippen LogP contribution >= 0.6 is 0 Å². The molecule has 0 aliphatic carbocycles. The van der Waals surface area contributed by atoms with Gasteiger partial charge >= 0.3 is 6.61 Å². The van der Waals surface area contributed by atoms with E-state index in [9.17, 15) is 18.0 Å². The number of aryl methyl sites for hydroxylation is 1. The lowest BCUT2D eigenvalue weighted by atomic mass is 10.1. The van der Waals surface area contributed by atoms with Crippen LogP contribution in [0, 0.1) is 12.7 Å². The molecule has 0 aliphatic heterocycles. The zero-order valence-electron chi connectivity index (χ0n) is 12.6. The Morgan fingerprint density at radius 1 is 1.17 bits per heavy atom. The summed E-state index contributed by atoms with van der Waals surface area (Å²) in [6, 6.07) is 9.82. The molecule has 0 heterocycles. The van der Waals surface area contributed by atoms with Crippen molar-refractivity contribution in [3.8, 4) is 5.75 Å². The number of hydrogen-bond donors (Lipinski definition) is 1. The maximum Gasteiger partial charge on any atom is 0.387 e. The lowest BCUT2D eigenvalue weighted by molar-refractivity contribution is -0.0499. The van der Waals surface area contributed by atoms with Crippen molar-refractivity contribution in [3.63, 3.8) is 0 Å². The van der Waals surface area contributed by atoms with Crippen molar-refractivity contribution >= 4 is 5.91 Å². The summed E-state index contributed by atoms with van der Waals surface area (Å²) in [5, 5.41) is 2.69. The van der Waals surface area contributed by atoms with Gasteiger partial charge in [0.1, 0.15) is 11.6 Å². The molecular weight excluding hydrogens is 307 g/mol. The number of benzene rings is 2. The molecule has 6 heteroatoms. The lowest BCUT2D eigenvalue weighted by Crippen LogP contribution is -2.26. The van der Waals surface area contributed by atoms with E-state index in [-0.39, 0.29) is 11.3 Å². The average molecular weight is 323 g/mol. The van der Waals surface area contributed by atoms with E-state index in [2.05, 4.69) is 10.1 Å². The first-order valence-corrected chi connectivity index (χ1v) is 6.98. The van der Waals surface area contributed by atoms with Gasteiger partial charge in [0.15, 0.2) is 0 Å². The molecule has 0 aromatic heterocycles. The predicted octanol–water partition coefficient (Wildman–Crippen LogP) is 4.23. The molecule has 1 atom stereocenters. The number of carbonyl (C=O) groups excluding carboxylic acids is 1. The normalized spacial score (nSPS) is 12.1. The zero-order chi connectivity index (χ0) is 17.0. The van der Waals surface area contributed by atoms with E-state index in [1.165, 1.54) is 24.3 Å². The summed E-state index contributed by atoms with van der Waals surface area (Å²) in [6.07, 6.45) is 0. The fourth-order valence-corrected chi connectivity index (χ4v) is 2.06. The van der Waals surface area contributed by atoms with Gasteiger partial charge in [-0.15, -0.1) is 0 Å². The Kier molecular flexibility index (Phi) is 5.26. The molecule has 0 bridgehead atoms. The molecular formula is C17H16F3NO2. The Morgan fingerprint density at radius 3 is 2.57 bits per heavy atom. The molecule has 122 valence electrons. The van der Waals surface area contributed by atoms with Crippen molar-refractivity contribution in [3.05, 3.63) is 65.0 Å². The third-order valence-corrected chi connectivity index (χ3v) is 3.36. The molecule has 0 fully saturated rings. The van der Waals surface area contributed by atoms with Gasteiger partial charge in [-0.25, -0.2) is 4.39 Å². The third kappa shape index (κ3) is 4.48. The van der Waals surface area contributed by atoms with Gasteiger partial charge in [-0.3, -0.25) is 4.79 Å². The highest BCUT2D eigenvalue weighted by Gasteiger charge is 2.14. The van der Waals surface area contributed by atoms with E-state index in [4.69, 9.17) is 0 Å². The predicted molar refractivity (Wildman–Crippen MR) is 80.1 cm³/mol. The van der Waals surface area contributed by atoms with E-state index in [0.29, 0.717) is 11.1 Å². The molecule has 1 N–H and O–H groups in total. The van der Waals surface area contributed by atoms with Gasteiger partial charge in [0, 0.05) is 5.56 Å². The summed E-state index contributed by atoms with van der Waals surface area (Å²) in [7, 11) is 0. The third-order valence-electron chi connectivity index (χ3n) is 3.36. The number of amides is 1. The second kappa shape index (κ2) is 7.17. The van der Waals surface area contributed by atoms with Crippen molar-refractivity contribution in [1.82, 2.24) is 5.32 Å². The van der Waals surface area contributed by atoms with Gasteiger partial charge in [-0.2, -0.15) is 8.78 Å². The first-order valence-electron chi connectivity index (χ1n) is 6.98. The molecule has 2 aromatic carbocycles. The standard InChI is InChI=1S/C17H16F3NO2/c1-10-6-7-13(9-15(10)18)16(22)21-11(2)12-4-3-5-14(8-12)23-17(19)20/h3-9,11,17H,1-2H3,(H,21,22). The van der Waals surface area contributed by atoms with Crippen LogP contribution in [-0.2, 0) is 0 Å². The first-order chi connectivity index (χ1) is 10.9. The summed E-state index contributed by atoms with van der Waals surface area (Å²) in [5.41, 5.74) is 1.25. The van der Waals surface area contributed by atoms with Crippen LogP contribution in [0.15, 0.2) is 42.5 Å². The Labute approximate surface area is 132 Å². The maximum absolute atomic E-state index is 13.5. The minimum Gasteiger partial charge on any atom is -0.435 e. The molecule has 0 aliphatic rings. The summed E-state index contributed by atoms with van der Waals surface area (Å²) < 4.78 is 42.3. The Morgan fingerprint density at radius 2 is 1.91 bits per heavy atom. The molecule has 2 rings (SSSR count). The fraction of sp³-hybridized carbons (Fsp3) is 0.235. The summed E-state index contributed by atoms with van der Waals surface area (Å²) in [6.45, 7) is 0.392. The van der Waals surface area contributed by atoms with Crippen molar-refractivity contribution in [2.75, 3.05) is 0 Å². The Hall–Kier alpha value is -2.50. The fourth-order valence-electron chi connectivity index (χ4n) is 2.06. The summed E-state index contributed by atoms with van der Waals surface area (Å²) in [5.74, 6) is -0.894. The summed E-state index contributed by atoms with van der Waals surface area (Å²) in [4.78, 5) is 12.1. The topological polar surface area (TPSA) is 38.3 Å². The molecule has 0 saturated heterocycles. The van der Waals surface area contributed by atoms with Crippen LogP contribution in [0.5, 0.6) is 5.75 Å². The highest BCUT2D eigenvalue weighted by Crippen LogP contribution is 2.21. The number of halogens is 3. The van der Waals surface area contributed by atoms with Crippen molar-refractivity contribution in [1.29, 1.82) is 0 Å². The second-order valence-corrected chi connectivity index (χ2v) is 5.11. The Balaban J connectivity index is 2.10. The van der Waals surface area contributed by atoms with Crippen LogP contribution in [0.1, 0.15) is 34.5 Å². The quantitative estimate of drug-likeness (QED) is 0.894. The van der Waals surface area contributed by atoms with Crippen LogP contribution in [0.25, 0.3) is 0 Å². The number of ether oxygens (including phenoxy) is 1. The highest BCUT2D eigenvalue weighted by molar-refractivity contribution is 5.94. The van der Waals surface area contributed by atoms with E-state index in [1.807, 2.05) is 0 Å². The molecule has 1 amide bonds. The Bertz CT molecular complexity index is 704. The second-order valence-electron chi connectivity index (χ2n) is 5.11. The molecule has 2 aromatic rings. The summed E-state index contributed by atoms with van der Waals surface area (Å²) >= 11 is 0. The van der Waals surface area contributed by atoms with E-state index in [0.717, 1.165) is 6.07 Å². The van der Waals surface area contributed by atoms with E-state index >= 15 is 0 Å². The number of hydrogen-bond acceptors (Lipinski definition) is 2. The van der Waals surface area contributed by atoms with Gasteiger partial charge < -0.3 is 10.1 Å². The molecule has 0 saturated carbocycles. The lowest BCUT2D eigenvalue weighted by Gasteiger charge is -2.16. The molecule has 0 radical (unpaired) electrons.